The summed E-state index contributed by atoms with van der Waals surface area (Å²) in [6, 6.07) is 12.9. The second kappa shape index (κ2) is 20.1. The Morgan fingerprint density at radius 2 is 1.28 bits per heavy atom. The molecule has 0 saturated carbocycles. The van der Waals surface area contributed by atoms with Gasteiger partial charge in [0.15, 0.2) is 15.6 Å². The van der Waals surface area contributed by atoms with Gasteiger partial charge in [-0.3, -0.25) is 9.59 Å². The second-order valence-corrected chi connectivity index (χ2v) is 12.3. The van der Waals surface area contributed by atoms with E-state index < -0.39 is 9.84 Å². The van der Waals surface area contributed by atoms with Gasteiger partial charge in [-0.05, 0) is 45.3 Å². The highest BCUT2D eigenvalue weighted by Crippen LogP contribution is 2.15. The lowest BCUT2D eigenvalue weighted by Gasteiger charge is -2.24. The predicted molar refractivity (Wildman–Crippen MR) is 167 cm³/mol. The number of ketones is 1. The molecule has 0 atom stereocenters. The van der Waals surface area contributed by atoms with Crippen LogP contribution in [-0.2, 0) is 28.8 Å². The molecule has 2 aromatic carbocycles. The molecule has 1 amide bonds. The van der Waals surface area contributed by atoms with Gasteiger partial charge in [0.1, 0.15) is 0 Å². The zero-order valence-electron chi connectivity index (χ0n) is 25.7. The van der Waals surface area contributed by atoms with Crippen molar-refractivity contribution in [2.45, 2.75) is 18.2 Å². The average Bonchev–Trinajstić information content (AvgIpc) is 2.99. The standard InChI is InChI=1S/C32H46N2O8S/c1-5-18-39-20-22-41-24-25-42-23-21-40-19-17-34(16-15-33(3)4)32(36)29-10-8-28(9-11-29)31(35)14-26-43(37,38)30-12-6-27(2)7-13-30/h5-13H,1,14-26H2,2-4H3. The minimum atomic E-state index is -3.57. The van der Waals surface area contributed by atoms with E-state index in [1.807, 2.05) is 25.9 Å². The molecule has 0 N–H and O–H groups in total. The van der Waals surface area contributed by atoms with Crippen molar-refractivity contribution in [2.24, 2.45) is 0 Å². The molecule has 0 fully saturated rings. The quantitative estimate of drug-likeness (QED) is 0.105. The average molecular weight is 619 g/mol. The maximum atomic E-state index is 13.3. The summed E-state index contributed by atoms with van der Waals surface area (Å²) in [5.41, 5.74) is 1.77. The smallest absolute Gasteiger partial charge is 0.253 e. The van der Waals surface area contributed by atoms with E-state index in [1.54, 1.807) is 59.5 Å². The Kier molecular flexibility index (Phi) is 17.0. The number of hydrogen-bond acceptors (Lipinski definition) is 9. The molecule has 0 saturated heterocycles. The lowest BCUT2D eigenvalue weighted by Crippen LogP contribution is -2.39. The second-order valence-electron chi connectivity index (χ2n) is 10.2. The van der Waals surface area contributed by atoms with Crippen molar-refractivity contribution in [3.05, 3.63) is 77.9 Å². The largest absolute Gasteiger partial charge is 0.377 e. The molecule has 43 heavy (non-hydrogen) atoms. The first kappa shape index (κ1) is 36.3. The third-order valence-corrected chi connectivity index (χ3v) is 8.13. The molecule has 0 aromatic heterocycles. The van der Waals surface area contributed by atoms with Gasteiger partial charge in [0.05, 0.1) is 63.5 Å². The van der Waals surface area contributed by atoms with Gasteiger partial charge >= 0.3 is 0 Å². The molecule has 0 radical (unpaired) electrons. The molecular formula is C32H46N2O8S. The number of carbonyl (C=O) groups excluding carboxylic acids is 2. The molecule has 0 unspecified atom stereocenters. The molecule has 0 aliphatic heterocycles. The van der Waals surface area contributed by atoms with Crippen LogP contribution in [0.1, 0.15) is 32.7 Å². The Morgan fingerprint density at radius 3 is 1.84 bits per heavy atom. The van der Waals surface area contributed by atoms with E-state index in [0.29, 0.717) is 83.6 Å². The van der Waals surface area contributed by atoms with Crippen molar-refractivity contribution in [1.29, 1.82) is 0 Å². The number of ether oxygens (including phenoxy) is 4. The number of Topliss-reactive ketones (excluding diaryl/α,β-unsaturated/α-hetero) is 1. The number of sulfone groups is 1. The number of benzene rings is 2. The summed E-state index contributed by atoms with van der Waals surface area (Å²) in [6.45, 7) is 10.7. The lowest BCUT2D eigenvalue weighted by atomic mass is 10.1. The zero-order chi connectivity index (χ0) is 31.5. The summed E-state index contributed by atoms with van der Waals surface area (Å²) in [4.78, 5) is 29.9. The van der Waals surface area contributed by atoms with Crippen LogP contribution in [-0.4, -0.2) is 122 Å². The molecular weight excluding hydrogens is 572 g/mol. The van der Waals surface area contributed by atoms with Crippen LogP contribution in [0.5, 0.6) is 0 Å². The van der Waals surface area contributed by atoms with Gasteiger partial charge in [-0.1, -0.05) is 35.9 Å². The summed E-state index contributed by atoms with van der Waals surface area (Å²) in [5.74, 6) is -0.741. The molecule has 0 bridgehead atoms. The Bertz CT molecular complexity index is 1210. The van der Waals surface area contributed by atoms with Crippen molar-refractivity contribution >= 4 is 21.5 Å². The molecule has 0 heterocycles. The van der Waals surface area contributed by atoms with E-state index in [-0.39, 0.29) is 28.8 Å². The van der Waals surface area contributed by atoms with Crippen LogP contribution < -0.4 is 0 Å². The van der Waals surface area contributed by atoms with E-state index in [0.717, 1.165) is 5.56 Å². The van der Waals surface area contributed by atoms with Crippen molar-refractivity contribution in [3.63, 3.8) is 0 Å². The number of likely N-dealkylation sites (N-methyl/N-ethyl adjacent to an activating group) is 1. The fourth-order valence-electron chi connectivity index (χ4n) is 3.85. The van der Waals surface area contributed by atoms with Crippen molar-refractivity contribution in [1.82, 2.24) is 9.80 Å². The molecule has 0 aliphatic carbocycles. The van der Waals surface area contributed by atoms with Gasteiger partial charge in [-0.15, -0.1) is 6.58 Å². The molecule has 0 spiro atoms. The number of nitrogens with zero attached hydrogens (tertiary/aromatic N) is 2. The molecule has 10 nitrogen and oxygen atoms in total. The van der Waals surface area contributed by atoms with Crippen molar-refractivity contribution in [3.8, 4) is 0 Å². The Balaban J connectivity index is 1.79. The zero-order valence-corrected chi connectivity index (χ0v) is 26.5. The number of rotatable bonds is 23. The van der Waals surface area contributed by atoms with Gasteiger partial charge in [0.2, 0.25) is 0 Å². The van der Waals surface area contributed by atoms with Crippen molar-refractivity contribution < 1.29 is 37.0 Å². The first-order chi connectivity index (χ1) is 20.6. The van der Waals surface area contributed by atoms with Gasteiger partial charge in [0.25, 0.3) is 5.91 Å². The molecule has 2 rings (SSSR count). The summed E-state index contributed by atoms with van der Waals surface area (Å²) in [7, 11) is 0.309. The number of carbonyl (C=O) groups is 2. The fourth-order valence-corrected chi connectivity index (χ4v) is 5.09. The SMILES string of the molecule is C=CCOCCOCCOCCOCCN(CCN(C)C)C(=O)c1ccc(C(=O)CCS(=O)(=O)c2ccc(C)cc2)cc1. The van der Waals surface area contributed by atoms with Crippen LogP contribution in [0, 0.1) is 6.92 Å². The molecule has 11 heteroatoms. The number of hydrogen-bond donors (Lipinski definition) is 0. The highest BCUT2D eigenvalue weighted by atomic mass is 32.2. The monoisotopic (exact) mass is 618 g/mol. The molecule has 0 aliphatic rings. The summed E-state index contributed by atoms with van der Waals surface area (Å²) in [6.07, 6.45) is 1.55. The number of aryl methyl sites for hydroxylation is 1. The van der Waals surface area contributed by atoms with Gasteiger partial charge in [0, 0.05) is 37.2 Å². The third kappa shape index (κ3) is 14.4. The van der Waals surface area contributed by atoms with Crippen LogP contribution in [0.2, 0.25) is 0 Å². The maximum Gasteiger partial charge on any atom is 0.253 e. The maximum absolute atomic E-state index is 13.3. The first-order valence-corrected chi connectivity index (χ1v) is 16.1. The Hall–Kier alpha value is -2.93. The fraction of sp³-hybridized carbons (Fsp3) is 0.500. The van der Waals surface area contributed by atoms with E-state index in [1.165, 1.54) is 0 Å². The summed E-state index contributed by atoms with van der Waals surface area (Å²) < 4.78 is 47.0. The lowest BCUT2D eigenvalue weighted by molar-refractivity contribution is -0.00127. The highest BCUT2D eigenvalue weighted by molar-refractivity contribution is 7.91. The van der Waals surface area contributed by atoms with E-state index >= 15 is 0 Å². The van der Waals surface area contributed by atoms with Gasteiger partial charge < -0.3 is 28.7 Å². The van der Waals surface area contributed by atoms with Crippen LogP contribution in [0.4, 0.5) is 0 Å². The van der Waals surface area contributed by atoms with Crippen LogP contribution in [0.15, 0.2) is 66.1 Å². The minimum Gasteiger partial charge on any atom is -0.377 e. The van der Waals surface area contributed by atoms with Crippen LogP contribution in [0.3, 0.4) is 0 Å². The minimum absolute atomic E-state index is 0.141. The van der Waals surface area contributed by atoms with Crippen LogP contribution >= 0.6 is 0 Å². The first-order valence-electron chi connectivity index (χ1n) is 14.4. The van der Waals surface area contributed by atoms with E-state index in [9.17, 15) is 18.0 Å². The Morgan fingerprint density at radius 1 is 0.744 bits per heavy atom. The van der Waals surface area contributed by atoms with Gasteiger partial charge in [-0.25, -0.2) is 8.42 Å². The summed E-state index contributed by atoms with van der Waals surface area (Å²) >= 11 is 0. The van der Waals surface area contributed by atoms with Crippen LogP contribution in [0.25, 0.3) is 0 Å². The normalized spacial score (nSPS) is 11.5. The molecule has 238 valence electrons. The topological polar surface area (TPSA) is 112 Å². The van der Waals surface area contributed by atoms with E-state index in [4.69, 9.17) is 18.9 Å². The number of amides is 1. The highest BCUT2D eigenvalue weighted by Gasteiger charge is 2.19. The summed E-state index contributed by atoms with van der Waals surface area (Å²) in [5, 5.41) is 0. The molecule has 2 aromatic rings. The van der Waals surface area contributed by atoms with Gasteiger partial charge in [-0.2, -0.15) is 0 Å². The predicted octanol–water partition coefficient (Wildman–Crippen LogP) is 3.30. The third-order valence-electron chi connectivity index (χ3n) is 6.39. The van der Waals surface area contributed by atoms with E-state index in [2.05, 4.69) is 6.58 Å². The Labute approximate surface area is 256 Å². The van der Waals surface area contributed by atoms with Crippen molar-refractivity contribution in [2.75, 3.05) is 92.3 Å².